The van der Waals surface area contributed by atoms with Gasteiger partial charge in [-0.1, -0.05) is 12.1 Å². The molecule has 1 N–H and O–H groups in total. The lowest BCUT2D eigenvalue weighted by molar-refractivity contribution is 0.181. The predicted octanol–water partition coefficient (Wildman–Crippen LogP) is 1.97. The normalized spacial score (nSPS) is 18.2. The van der Waals surface area contributed by atoms with Gasteiger partial charge in [0.2, 0.25) is 0 Å². The van der Waals surface area contributed by atoms with Gasteiger partial charge < -0.3 is 19.5 Å². The van der Waals surface area contributed by atoms with E-state index in [1.54, 1.807) is 0 Å². The van der Waals surface area contributed by atoms with E-state index < -0.39 is 0 Å². The summed E-state index contributed by atoms with van der Waals surface area (Å²) in [4.78, 5) is 11.0. The molecule has 2 aromatic rings. The zero-order valence-electron chi connectivity index (χ0n) is 14.6. The monoisotopic (exact) mass is 329 g/mol. The molecule has 1 aromatic heterocycles. The third-order valence-corrected chi connectivity index (χ3v) is 4.52. The Labute approximate surface area is 143 Å². The Morgan fingerprint density at radius 3 is 3.12 bits per heavy atom. The summed E-state index contributed by atoms with van der Waals surface area (Å²) in [6.45, 7) is 4.60. The van der Waals surface area contributed by atoms with Gasteiger partial charge in [-0.25, -0.2) is 4.98 Å². The Balaban J connectivity index is 1.44. The number of para-hydroxylation sites is 2. The first-order chi connectivity index (χ1) is 11.8. The van der Waals surface area contributed by atoms with Crippen LogP contribution in [0.3, 0.4) is 0 Å². The molecule has 130 valence electrons. The lowest BCUT2D eigenvalue weighted by Gasteiger charge is -2.24. The first-order valence-electron chi connectivity index (χ1n) is 8.67. The second kappa shape index (κ2) is 8.15. The van der Waals surface area contributed by atoms with Gasteiger partial charge in [-0.05, 0) is 25.0 Å². The second-order valence-electron chi connectivity index (χ2n) is 6.36. The molecule has 1 aliphatic rings. The van der Waals surface area contributed by atoms with Crippen LogP contribution in [0.4, 0.5) is 0 Å². The highest BCUT2D eigenvalue weighted by Gasteiger charge is 2.18. The number of fused-ring (bicyclic) bond motifs is 1. The standard InChI is InChI=1S/C18H27N5O/c1-19-18(22(2)12-15-8-11-24-13-15)20-9-5-10-23-14-21-16-6-3-4-7-17(16)23/h3-4,6-7,14-15H,5,8-13H2,1-2H3,(H,19,20). The van der Waals surface area contributed by atoms with Crippen molar-refractivity contribution in [3.63, 3.8) is 0 Å². The van der Waals surface area contributed by atoms with Gasteiger partial charge in [0.05, 0.1) is 24.0 Å². The molecule has 6 heteroatoms. The molecule has 0 amide bonds. The van der Waals surface area contributed by atoms with E-state index in [2.05, 4.69) is 43.9 Å². The molecule has 1 unspecified atom stereocenters. The van der Waals surface area contributed by atoms with Crippen molar-refractivity contribution in [3.8, 4) is 0 Å². The summed E-state index contributed by atoms with van der Waals surface area (Å²) < 4.78 is 7.66. The van der Waals surface area contributed by atoms with Crippen LogP contribution in [0.25, 0.3) is 11.0 Å². The summed E-state index contributed by atoms with van der Waals surface area (Å²) in [5, 5.41) is 3.46. The minimum atomic E-state index is 0.617. The number of hydrogen-bond acceptors (Lipinski definition) is 3. The summed E-state index contributed by atoms with van der Waals surface area (Å²) >= 11 is 0. The van der Waals surface area contributed by atoms with Gasteiger partial charge in [0.1, 0.15) is 0 Å². The van der Waals surface area contributed by atoms with Crippen LogP contribution < -0.4 is 5.32 Å². The van der Waals surface area contributed by atoms with Crippen molar-refractivity contribution in [2.45, 2.75) is 19.4 Å². The van der Waals surface area contributed by atoms with Gasteiger partial charge >= 0.3 is 0 Å². The van der Waals surface area contributed by atoms with Crippen LogP contribution in [-0.2, 0) is 11.3 Å². The lowest BCUT2D eigenvalue weighted by Crippen LogP contribution is -2.41. The smallest absolute Gasteiger partial charge is 0.193 e. The molecule has 0 saturated carbocycles. The first-order valence-corrected chi connectivity index (χ1v) is 8.67. The SMILES string of the molecule is CN=C(NCCCn1cnc2ccccc21)N(C)CC1CCOC1. The molecule has 1 aromatic carbocycles. The number of hydrogen-bond donors (Lipinski definition) is 1. The highest BCUT2D eigenvalue weighted by atomic mass is 16.5. The molecule has 0 spiro atoms. The number of aryl methyl sites for hydroxylation is 1. The van der Waals surface area contributed by atoms with Crippen LogP contribution in [-0.4, -0.2) is 60.8 Å². The third kappa shape index (κ3) is 4.06. The van der Waals surface area contributed by atoms with E-state index in [0.29, 0.717) is 5.92 Å². The van der Waals surface area contributed by atoms with Crippen molar-refractivity contribution < 1.29 is 4.74 Å². The highest BCUT2D eigenvalue weighted by molar-refractivity contribution is 5.79. The molecule has 1 atom stereocenters. The number of imidazole rings is 1. The van der Waals surface area contributed by atoms with E-state index in [4.69, 9.17) is 4.74 Å². The molecule has 24 heavy (non-hydrogen) atoms. The van der Waals surface area contributed by atoms with Crippen LogP contribution in [0.15, 0.2) is 35.6 Å². The van der Waals surface area contributed by atoms with Crippen LogP contribution in [0.5, 0.6) is 0 Å². The maximum atomic E-state index is 5.45. The zero-order chi connectivity index (χ0) is 16.8. The maximum Gasteiger partial charge on any atom is 0.193 e. The maximum absolute atomic E-state index is 5.45. The van der Waals surface area contributed by atoms with Gasteiger partial charge in [0.25, 0.3) is 0 Å². The number of nitrogens with one attached hydrogen (secondary N) is 1. The number of benzene rings is 1. The van der Waals surface area contributed by atoms with Crippen molar-refractivity contribution in [2.24, 2.45) is 10.9 Å². The van der Waals surface area contributed by atoms with Crippen LogP contribution in [0.2, 0.25) is 0 Å². The molecule has 0 aliphatic carbocycles. The van der Waals surface area contributed by atoms with Crippen LogP contribution in [0.1, 0.15) is 12.8 Å². The first kappa shape index (κ1) is 16.8. The number of nitrogens with zero attached hydrogens (tertiary/aromatic N) is 4. The zero-order valence-corrected chi connectivity index (χ0v) is 14.6. The summed E-state index contributed by atoms with van der Waals surface area (Å²) in [5.74, 6) is 1.57. The molecular formula is C18H27N5O. The fourth-order valence-corrected chi connectivity index (χ4v) is 3.22. The molecule has 0 bridgehead atoms. The predicted molar refractivity (Wildman–Crippen MR) is 97.3 cm³/mol. The summed E-state index contributed by atoms with van der Waals surface area (Å²) in [6, 6.07) is 8.25. The molecular weight excluding hydrogens is 302 g/mol. The molecule has 2 heterocycles. The van der Waals surface area contributed by atoms with Gasteiger partial charge in [-0.2, -0.15) is 0 Å². The van der Waals surface area contributed by atoms with Crippen LogP contribution >= 0.6 is 0 Å². The fraction of sp³-hybridized carbons (Fsp3) is 0.556. The number of guanidine groups is 1. The third-order valence-electron chi connectivity index (χ3n) is 4.52. The molecule has 1 saturated heterocycles. The van der Waals surface area contributed by atoms with E-state index in [1.807, 2.05) is 25.5 Å². The minimum Gasteiger partial charge on any atom is -0.381 e. The van der Waals surface area contributed by atoms with Gasteiger partial charge in [-0.3, -0.25) is 4.99 Å². The van der Waals surface area contributed by atoms with E-state index in [-0.39, 0.29) is 0 Å². The Morgan fingerprint density at radius 1 is 1.46 bits per heavy atom. The summed E-state index contributed by atoms with van der Waals surface area (Å²) in [7, 11) is 3.93. The average molecular weight is 329 g/mol. The largest absolute Gasteiger partial charge is 0.381 e. The lowest BCUT2D eigenvalue weighted by atomic mass is 10.1. The number of aliphatic imine (C=N–C) groups is 1. The van der Waals surface area contributed by atoms with Crippen molar-refractivity contribution >= 4 is 17.0 Å². The Bertz CT molecular complexity index is 675. The average Bonchev–Trinajstić information content (AvgIpc) is 3.25. The molecule has 6 nitrogen and oxygen atoms in total. The summed E-state index contributed by atoms with van der Waals surface area (Å²) in [5.41, 5.74) is 2.25. The van der Waals surface area contributed by atoms with E-state index in [9.17, 15) is 0 Å². The van der Waals surface area contributed by atoms with Crippen molar-refractivity contribution in [1.29, 1.82) is 0 Å². The van der Waals surface area contributed by atoms with E-state index in [1.165, 1.54) is 5.52 Å². The second-order valence-corrected chi connectivity index (χ2v) is 6.36. The highest BCUT2D eigenvalue weighted by Crippen LogP contribution is 2.13. The van der Waals surface area contributed by atoms with Crippen LogP contribution in [0, 0.1) is 5.92 Å². The van der Waals surface area contributed by atoms with Gasteiger partial charge in [0.15, 0.2) is 5.96 Å². The van der Waals surface area contributed by atoms with E-state index in [0.717, 1.165) is 57.2 Å². The Hall–Kier alpha value is -2.08. The van der Waals surface area contributed by atoms with Crippen molar-refractivity contribution in [1.82, 2.24) is 19.8 Å². The Morgan fingerprint density at radius 2 is 2.33 bits per heavy atom. The van der Waals surface area contributed by atoms with Crippen molar-refractivity contribution in [2.75, 3.05) is 40.4 Å². The fourth-order valence-electron chi connectivity index (χ4n) is 3.22. The number of aromatic nitrogens is 2. The molecule has 0 radical (unpaired) electrons. The molecule has 1 aliphatic heterocycles. The van der Waals surface area contributed by atoms with E-state index >= 15 is 0 Å². The van der Waals surface area contributed by atoms with Gasteiger partial charge in [-0.15, -0.1) is 0 Å². The quantitative estimate of drug-likeness (QED) is 0.500. The molecule has 3 rings (SSSR count). The number of ether oxygens (including phenoxy) is 1. The molecule has 1 fully saturated rings. The summed E-state index contributed by atoms with van der Waals surface area (Å²) in [6.07, 6.45) is 4.10. The minimum absolute atomic E-state index is 0.617. The Kier molecular flexibility index (Phi) is 5.69. The number of rotatable bonds is 6. The van der Waals surface area contributed by atoms with Gasteiger partial charge in [0, 0.05) is 46.3 Å². The topological polar surface area (TPSA) is 54.7 Å². The van der Waals surface area contributed by atoms with Crippen molar-refractivity contribution in [3.05, 3.63) is 30.6 Å².